The van der Waals surface area contributed by atoms with Gasteiger partial charge in [-0.15, -0.1) is 0 Å². The lowest BCUT2D eigenvalue weighted by Gasteiger charge is -2.34. The molecular formula is C25H36N2O3. The number of aliphatic hydroxyl groups excluding tert-OH is 1. The first-order valence-corrected chi connectivity index (χ1v) is 10.2. The number of nitrogens with zero attached hydrogens (tertiary/aromatic N) is 1. The molecule has 1 heterocycles. The fourth-order valence-corrected chi connectivity index (χ4v) is 2.96. The van der Waals surface area contributed by atoms with Crippen LogP contribution < -0.4 is 10.6 Å². The van der Waals surface area contributed by atoms with Crippen LogP contribution in [0.2, 0.25) is 0 Å². The molecular weight excluding hydrogens is 376 g/mol. The number of amides is 1. The van der Waals surface area contributed by atoms with Crippen LogP contribution in [0.4, 0.5) is 5.69 Å². The van der Waals surface area contributed by atoms with Crippen molar-refractivity contribution in [1.82, 2.24) is 0 Å². The lowest BCUT2D eigenvalue weighted by atomic mass is 9.93. The van der Waals surface area contributed by atoms with E-state index in [-0.39, 0.29) is 11.7 Å². The minimum Gasteiger partial charge on any atom is -0.508 e. The van der Waals surface area contributed by atoms with Crippen LogP contribution in [0.15, 0.2) is 49.0 Å². The molecule has 2 aromatic rings. The largest absolute Gasteiger partial charge is 0.508 e. The predicted molar refractivity (Wildman–Crippen MR) is 128 cm³/mol. The highest BCUT2D eigenvalue weighted by Crippen LogP contribution is 2.33. The molecule has 0 saturated carbocycles. The minimum absolute atomic E-state index is 0.114. The summed E-state index contributed by atoms with van der Waals surface area (Å²) in [7, 11) is 2.17. The summed E-state index contributed by atoms with van der Waals surface area (Å²) in [5.41, 5.74) is 10.4. The van der Waals surface area contributed by atoms with Gasteiger partial charge in [0.05, 0.1) is 0 Å². The van der Waals surface area contributed by atoms with E-state index in [1.165, 1.54) is 42.6 Å². The van der Waals surface area contributed by atoms with Crippen LogP contribution >= 0.6 is 0 Å². The molecule has 1 amide bonds. The van der Waals surface area contributed by atoms with Crippen LogP contribution in [0, 0.1) is 0 Å². The molecule has 0 bridgehead atoms. The van der Waals surface area contributed by atoms with Gasteiger partial charge in [-0.25, -0.2) is 0 Å². The maximum atomic E-state index is 9.40. The number of anilines is 1. The third kappa shape index (κ3) is 8.52. The van der Waals surface area contributed by atoms with E-state index in [2.05, 4.69) is 49.4 Å². The van der Waals surface area contributed by atoms with Gasteiger partial charge in [0.1, 0.15) is 12.0 Å². The van der Waals surface area contributed by atoms with Crippen LogP contribution in [0.5, 0.6) is 0 Å². The molecule has 0 fully saturated rings. The van der Waals surface area contributed by atoms with E-state index < -0.39 is 0 Å². The monoisotopic (exact) mass is 412 g/mol. The second-order valence-electron chi connectivity index (χ2n) is 6.71. The smallest absolute Gasteiger partial charge is 0.214 e. The maximum Gasteiger partial charge on any atom is 0.214 e. The van der Waals surface area contributed by atoms with E-state index in [0.29, 0.717) is 6.04 Å². The van der Waals surface area contributed by atoms with Gasteiger partial charge in [-0.2, -0.15) is 0 Å². The quantitative estimate of drug-likeness (QED) is 0.513. The Hall–Kier alpha value is -3.08. The van der Waals surface area contributed by atoms with Crippen LogP contribution in [-0.4, -0.2) is 30.4 Å². The van der Waals surface area contributed by atoms with Crippen molar-refractivity contribution in [3.8, 4) is 11.1 Å². The molecule has 3 N–H and O–H groups in total. The first-order chi connectivity index (χ1) is 14.2. The molecule has 0 radical (unpaired) electrons. The normalized spacial score (nSPS) is 13.7. The van der Waals surface area contributed by atoms with Gasteiger partial charge in [0.25, 0.3) is 0 Å². The van der Waals surface area contributed by atoms with Crippen molar-refractivity contribution in [1.29, 1.82) is 0 Å². The summed E-state index contributed by atoms with van der Waals surface area (Å²) in [6, 6.07) is 15.2. The number of aryl methyl sites for hydroxylation is 1. The van der Waals surface area contributed by atoms with Crippen molar-refractivity contribution in [2.45, 2.75) is 53.5 Å². The maximum absolute atomic E-state index is 9.40. The van der Waals surface area contributed by atoms with Crippen LogP contribution in [0.3, 0.4) is 0 Å². The summed E-state index contributed by atoms with van der Waals surface area (Å²) in [5, 5.41) is 9.40. The van der Waals surface area contributed by atoms with Gasteiger partial charge < -0.3 is 20.5 Å². The van der Waals surface area contributed by atoms with Gasteiger partial charge >= 0.3 is 0 Å². The molecule has 1 aliphatic heterocycles. The molecule has 3 rings (SSSR count). The second kappa shape index (κ2) is 14.0. The molecule has 0 spiro atoms. The van der Waals surface area contributed by atoms with Crippen molar-refractivity contribution in [3.63, 3.8) is 0 Å². The highest BCUT2D eigenvalue weighted by molar-refractivity contribution is 5.71. The number of carbonyl (C=O) groups excluding carboxylic acids is 2. The summed E-state index contributed by atoms with van der Waals surface area (Å²) in [5.74, 6) is -0.220. The number of carbonyl (C=O) groups is 2. The highest BCUT2D eigenvalue weighted by Gasteiger charge is 2.19. The number of fused-ring (bicyclic) bond motifs is 1. The molecule has 2 aromatic carbocycles. The molecule has 1 atom stereocenters. The molecule has 5 heteroatoms. The number of aliphatic hydroxyl groups is 1. The molecule has 0 aromatic heterocycles. The van der Waals surface area contributed by atoms with E-state index in [4.69, 9.17) is 4.79 Å². The Morgan fingerprint density at radius 3 is 2.10 bits per heavy atom. The topological polar surface area (TPSA) is 83.6 Å². The minimum atomic E-state index is -0.333. The van der Waals surface area contributed by atoms with E-state index in [1.54, 1.807) is 0 Å². The lowest BCUT2D eigenvalue weighted by Crippen LogP contribution is -2.33. The Morgan fingerprint density at radius 2 is 1.63 bits per heavy atom. The molecule has 0 saturated heterocycles. The van der Waals surface area contributed by atoms with Crippen molar-refractivity contribution in [2.75, 3.05) is 11.9 Å². The number of primary amides is 1. The van der Waals surface area contributed by atoms with Crippen LogP contribution in [0.1, 0.15) is 52.2 Å². The third-order valence-corrected chi connectivity index (χ3v) is 4.50. The Balaban J connectivity index is 0.000000806. The van der Waals surface area contributed by atoms with Gasteiger partial charge in [-0.1, -0.05) is 50.8 Å². The fraction of sp³-hybridized carbons (Fsp3) is 0.360. The first kappa shape index (κ1) is 26.9. The zero-order valence-corrected chi connectivity index (χ0v) is 19.1. The zero-order chi connectivity index (χ0) is 23.3. The average Bonchev–Trinajstić information content (AvgIpc) is 2.72. The second-order valence-corrected chi connectivity index (χ2v) is 6.71. The van der Waals surface area contributed by atoms with E-state index >= 15 is 0 Å². The SMILES string of the molecule is C=C(O)c1ccc(-c2ccc3c(c2)CC[C@H](C)N3C)cc1.CC.CC(N)=O.CC=O. The van der Waals surface area contributed by atoms with Crippen LogP contribution in [-0.2, 0) is 16.0 Å². The summed E-state index contributed by atoms with van der Waals surface area (Å²) >= 11 is 0. The Labute approximate surface area is 181 Å². The van der Waals surface area contributed by atoms with Gasteiger partial charge in [0.15, 0.2) is 0 Å². The van der Waals surface area contributed by atoms with Gasteiger partial charge in [0.2, 0.25) is 5.91 Å². The van der Waals surface area contributed by atoms with Crippen molar-refractivity contribution in [3.05, 3.63) is 60.2 Å². The molecule has 5 nitrogen and oxygen atoms in total. The summed E-state index contributed by atoms with van der Waals surface area (Å²) < 4.78 is 0. The van der Waals surface area contributed by atoms with Crippen molar-refractivity contribution in [2.24, 2.45) is 5.73 Å². The number of hydrogen-bond donors (Lipinski definition) is 2. The Kier molecular flexibility index (Phi) is 12.6. The zero-order valence-electron chi connectivity index (χ0n) is 19.1. The van der Waals surface area contributed by atoms with Gasteiger partial charge in [0, 0.05) is 31.3 Å². The molecule has 0 aliphatic carbocycles. The number of aldehydes is 1. The van der Waals surface area contributed by atoms with Crippen LogP contribution in [0.25, 0.3) is 16.9 Å². The van der Waals surface area contributed by atoms with Crippen molar-refractivity contribution < 1.29 is 14.7 Å². The van der Waals surface area contributed by atoms with Gasteiger partial charge in [-0.3, -0.25) is 4.79 Å². The van der Waals surface area contributed by atoms with E-state index in [9.17, 15) is 9.90 Å². The lowest BCUT2D eigenvalue weighted by molar-refractivity contribution is -0.116. The predicted octanol–water partition coefficient (Wildman–Crippen LogP) is 5.38. The first-order valence-electron chi connectivity index (χ1n) is 10.2. The highest BCUT2D eigenvalue weighted by atomic mass is 16.3. The summed E-state index contributed by atoms with van der Waals surface area (Å²) in [6.07, 6.45) is 3.09. The Bertz CT molecular complexity index is 810. The standard InChI is InChI=1S/C19H21NO.C2H5NO.C2H4O.C2H6/c1-13-4-5-18-12-17(10-11-19(18)20(13)3)16-8-6-15(7-9-16)14(2)21;1-2(3)4;1-2-3;1-2/h6-13,21H,2,4-5H2,1,3H3;1H3,(H2,3,4);2H,1H3;1-2H3/t13-;;;/m0.../s1. The number of benzene rings is 2. The van der Waals surface area contributed by atoms with E-state index in [0.717, 1.165) is 18.3 Å². The molecule has 30 heavy (non-hydrogen) atoms. The van der Waals surface area contributed by atoms with Gasteiger partial charge in [-0.05, 0) is 55.5 Å². The van der Waals surface area contributed by atoms with E-state index in [1.807, 2.05) is 38.1 Å². The molecule has 1 aliphatic rings. The molecule has 0 unspecified atom stereocenters. The fourth-order valence-electron chi connectivity index (χ4n) is 2.96. The number of nitrogens with two attached hydrogens (primary N) is 1. The third-order valence-electron chi connectivity index (χ3n) is 4.50. The molecule has 164 valence electrons. The Morgan fingerprint density at radius 1 is 1.17 bits per heavy atom. The number of rotatable bonds is 2. The number of hydrogen-bond acceptors (Lipinski definition) is 4. The average molecular weight is 413 g/mol. The summed E-state index contributed by atoms with van der Waals surface area (Å²) in [4.78, 5) is 20.4. The van der Waals surface area contributed by atoms with Crippen molar-refractivity contribution >= 4 is 23.6 Å². The summed E-state index contributed by atoms with van der Waals surface area (Å²) in [6.45, 7) is 12.6.